The van der Waals surface area contributed by atoms with E-state index < -0.39 is 0 Å². The average Bonchev–Trinajstić information content (AvgIpc) is 2.61. The van der Waals surface area contributed by atoms with Crippen molar-refractivity contribution in [3.05, 3.63) is 11.1 Å². The zero-order valence-corrected chi connectivity index (χ0v) is 10.9. The molecule has 86 valence electrons. The minimum absolute atomic E-state index is 0.377. The van der Waals surface area contributed by atoms with Gasteiger partial charge in [-0.1, -0.05) is 20.8 Å². The second-order valence-corrected chi connectivity index (χ2v) is 6.14. The van der Waals surface area contributed by atoms with Gasteiger partial charge in [-0.3, -0.25) is 0 Å². The average molecular weight is 227 g/mol. The summed E-state index contributed by atoms with van der Waals surface area (Å²) in [6.07, 6.45) is 3.04. The fourth-order valence-electron chi connectivity index (χ4n) is 1.17. The van der Waals surface area contributed by atoms with E-state index >= 15 is 0 Å². The van der Waals surface area contributed by atoms with Gasteiger partial charge in [0.05, 0.1) is 0 Å². The normalized spacial score (nSPS) is 11.8. The summed E-state index contributed by atoms with van der Waals surface area (Å²) >= 11 is 1.68. The van der Waals surface area contributed by atoms with Crippen LogP contribution in [0.1, 0.15) is 32.1 Å². The van der Waals surface area contributed by atoms with Crippen LogP contribution in [0.15, 0.2) is 6.20 Å². The Hall–Kier alpha value is -0.610. The standard InChI is InChI=1S/C11H21N3S/c1-11(2,3)5-6-14(4)10-13-8-9(7-12)15-10/h8H,5-7,12H2,1-4H3. The van der Waals surface area contributed by atoms with E-state index in [1.165, 1.54) is 6.42 Å². The molecule has 0 unspecified atom stereocenters. The lowest BCUT2D eigenvalue weighted by Gasteiger charge is -2.23. The van der Waals surface area contributed by atoms with Crippen LogP contribution >= 0.6 is 11.3 Å². The van der Waals surface area contributed by atoms with Gasteiger partial charge in [0.15, 0.2) is 5.13 Å². The fourth-order valence-corrected chi connectivity index (χ4v) is 1.94. The van der Waals surface area contributed by atoms with Crippen molar-refractivity contribution in [2.45, 2.75) is 33.7 Å². The van der Waals surface area contributed by atoms with E-state index in [-0.39, 0.29) is 0 Å². The molecule has 0 aromatic carbocycles. The molecule has 0 bridgehead atoms. The molecule has 0 fully saturated rings. The molecule has 1 heterocycles. The largest absolute Gasteiger partial charge is 0.351 e. The Morgan fingerprint density at radius 2 is 2.13 bits per heavy atom. The predicted molar refractivity (Wildman–Crippen MR) is 67.3 cm³/mol. The zero-order chi connectivity index (χ0) is 11.5. The Morgan fingerprint density at radius 3 is 2.60 bits per heavy atom. The molecule has 1 rings (SSSR count). The van der Waals surface area contributed by atoms with E-state index in [1.54, 1.807) is 11.3 Å². The van der Waals surface area contributed by atoms with Gasteiger partial charge in [-0.2, -0.15) is 0 Å². The lowest BCUT2D eigenvalue weighted by molar-refractivity contribution is 0.381. The smallest absolute Gasteiger partial charge is 0.185 e. The van der Waals surface area contributed by atoms with Gasteiger partial charge in [-0.25, -0.2) is 4.98 Å². The van der Waals surface area contributed by atoms with E-state index in [0.717, 1.165) is 16.6 Å². The topological polar surface area (TPSA) is 42.2 Å². The van der Waals surface area contributed by atoms with Crippen molar-refractivity contribution in [1.82, 2.24) is 4.98 Å². The molecule has 0 radical (unpaired) electrons. The van der Waals surface area contributed by atoms with Gasteiger partial charge in [0.1, 0.15) is 0 Å². The second kappa shape index (κ2) is 4.94. The number of aromatic nitrogens is 1. The van der Waals surface area contributed by atoms with Crippen molar-refractivity contribution >= 4 is 16.5 Å². The molecule has 4 heteroatoms. The van der Waals surface area contributed by atoms with Gasteiger partial charge in [0.2, 0.25) is 0 Å². The zero-order valence-electron chi connectivity index (χ0n) is 10.1. The summed E-state index contributed by atoms with van der Waals surface area (Å²) in [6.45, 7) is 8.40. The van der Waals surface area contributed by atoms with E-state index in [4.69, 9.17) is 5.73 Å². The Labute approximate surface area is 96.3 Å². The molecule has 0 aliphatic rings. The summed E-state index contributed by atoms with van der Waals surface area (Å²) in [5.41, 5.74) is 5.94. The minimum Gasteiger partial charge on any atom is -0.351 e. The molecule has 2 N–H and O–H groups in total. The van der Waals surface area contributed by atoms with Crippen molar-refractivity contribution < 1.29 is 0 Å². The maximum absolute atomic E-state index is 5.56. The van der Waals surface area contributed by atoms with Gasteiger partial charge >= 0.3 is 0 Å². The predicted octanol–water partition coefficient (Wildman–Crippen LogP) is 2.47. The first-order valence-corrected chi connectivity index (χ1v) is 6.10. The summed E-state index contributed by atoms with van der Waals surface area (Å²) in [5.74, 6) is 0. The Kier molecular flexibility index (Phi) is 4.11. The molecule has 0 atom stereocenters. The number of rotatable bonds is 4. The maximum Gasteiger partial charge on any atom is 0.185 e. The lowest BCUT2D eigenvalue weighted by atomic mass is 9.92. The minimum atomic E-state index is 0.377. The van der Waals surface area contributed by atoms with Crippen LogP contribution < -0.4 is 10.6 Å². The SMILES string of the molecule is CN(CCC(C)(C)C)c1ncc(CN)s1. The third-order valence-corrected chi connectivity index (χ3v) is 3.40. The Morgan fingerprint density at radius 1 is 1.47 bits per heavy atom. The van der Waals surface area contributed by atoms with Gasteiger partial charge < -0.3 is 10.6 Å². The third-order valence-electron chi connectivity index (χ3n) is 2.27. The molecule has 0 aliphatic carbocycles. The molecule has 0 saturated heterocycles. The molecule has 15 heavy (non-hydrogen) atoms. The molecule has 0 saturated carbocycles. The highest BCUT2D eigenvalue weighted by Crippen LogP contribution is 2.24. The summed E-state index contributed by atoms with van der Waals surface area (Å²) in [4.78, 5) is 7.70. The third kappa shape index (κ3) is 4.18. The van der Waals surface area contributed by atoms with Crippen LogP contribution in [0.25, 0.3) is 0 Å². The highest BCUT2D eigenvalue weighted by molar-refractivity contribution is 7.15. The molecule has 0 aliphatic heterocycles. The van der Waals surface area contributed by atoms with Crippen LogP contribution in [0, 0.1) is 5.41 Å². The number of thiazole rings is 1. The molecule has 0 amide bonds. The molecule has 3 nitrogen and oxygen atoms in total. The van der Waals surface area contributed by atoms with Crippen LogP contribution in [0.4, 0.5) is 5.13 Å². The first-order valence-electron chi connectivity index (χ1n) is 5.28. The van der Waals surface area contributed by atoms with Gasteiger partial charge in [-0.05, 0) is 11.8 Å². The number of hydrogen-bond acceptors (Lipinski definition) is 4. The van der Waals surface area contributed by atoms with E-state index in [9.17, 15) is 0 Å². The van der Waals surface area contributed by atoms with Crippen molar-refractivity contribution in [2.75, 3.05) is 18.5 Å². The van der Waals surface area contributed by atoms with Crippen LogP contribution in [0.2, 0.25) is 0 Å². The number of anilines is 1. The van der Waals surface area contributed by atoms with Gasteiger partial charge in [0.25, 0.3) is 0 Å². The molecule has 1 aromatic rings. The molecule has 0 spiro atoms. The van der Waals surface area contributed by atoms with Gasteiger partial charge in [-0.15, -0.1) is 11.3 Å². The monoisotopic (exact) mass is 227 g/mol. The van der Waals surface area contributed by atoms with Crippen LogP contribution in [-0.2, 0) is 6.54 Å². The van der Waals surface area contributed by atoms with E-state index in [2.05, 4.69) is 37.7 Å². The Bertz CT molecular complexity index is 301. The summed E-state index contributed by atoms with van der Waals surface area (Å²) < 4.78 is 0. The fraction of sp³-hybridized carbons (Fsp3) is 0.727. The van der Waals surface area contributed by atoms with E-state index in [1.807, 2.05) is 6.20 Å². The second-order valence-electron chi connectivity index (χ2n) is 5.05. The highest BCUT2D eigenvalue weighted by Gasteiger charge is 2.13. The number of nitrogens with zero attached hydrogens (tertiary/aromatic N) is 2. The Balaban J connectivity index is 2.50. The molecular formula is C11H21N3S. The maximum atomic E-state index is 5.56. The van der Waals surface area contributed by atoms with Crippen molar-refractivity contribution in [3.63, 3.8) is 0 Å². The molecular weight excluding hydrogens is 206 g/mol. The highest BCUT2D eigenvalue weighted by atomic mass is 32.1. The van der Waals surface area contributed by atoms with Gasteiger partial charge in [0, 0.05) is 31.2 Å². The first kappa shape index (κ1) is 12.5. The summed E-state index contributed by atoms with van der Waals surface area (Å²) in [6, 6.07) is 0. The summed E-state index contributed by atoms with van der Waals surface area (Å²) in [5, 5.41) is 1.07. The number of hydrogen-bond donors (Lipinski definition) is 1. The number of nitrogens with two attached hydrogens (primary N) is 1. The van der Waals surface area contributed by atoms with Crippen molar-refractivity contribution in [3.8, 4) is 0 Å². The van der Waals surface area contributed by atoms with Crippen LogP contribution in [0.5, 0.6) is 0 Å². The molecule has 1 aromatic heterocycles. The lowest BCUT2D eigenvalue weighted by Crippen LogP contribution is -2.22. The van der Waals surface area contributed by atoms with Crippen LogP contribution in [-0.4, -0.2) is 18.6 Å². The quantitative estimate of drug-likeness (QED) is 0.859. The van der Waals surface area contributed by atoms with Crippen LogP contribution in [0.3, 0.4) is 0 Å². The first-order chi connectivity index (χ1) is 6.92. The van der Waals surface area contributed by atoms with Crippen molar-refractivity contribution in [2.24, 2.45) is 11.1 Å². The summed E-state index contributed by atoms with van der Waals surface area (Å²) in [7, 11) is 2.09. The van der Waals surface area contributed by atoms with E-state index in [0.29, 0.717) is 12.0 Å². The van der Waals surface area contributed by atoms with Crippen molar-refractivity contribution in [1.29, 1.82) is 0 Å².